The highest BCUT2D eigenvalue weighted by atomic mass is 15.1. The molecule has 1 unspecified atom stereocenters. The van der Waals surface area contributed by atoms with Crippen LogP contribution in [0.4, 0.5) is 0 Å². The van der Waals surface area contributed by atoms with Gasteiger partial charge in [-0.1, -0.05) is 45.4 Å². The summed E-state index contributed by atoms with van der Waals surface area (Å²) in [7, 11) is 0. The zero-order valence-corrected chi connectivity index (χ0v) is 7.73. The lowest BCUT2D eigenvalue weighted by Gasteiger charge is -1.98. The van der Waals surface area contributed by atoms with Crippen LogP contribution < -0.4 is 5.32 Å². The third kappa shape index (κ3) is 5.25. The van der Waals surface area contributed by atoms with Crippen molar-refractivity contribution in [1.82, 2.24) is 5.32 Å². The van der Waals surface area contributed by atoms with Crippen molar-refractivity contribution >= 4 is 0 Å². The van der Waals surface area contributed by atoms with Gasteiger partial charge in [-0.3, -0.25) is 0 Å². The second kappa shape index (κ2) is 5.59. The highest BCUT2D eigenvalue weighted by molar-refractivity contribution is 4.82. The smallest absolute Gasteiger partial charge is 0.0193 e. The van der Waals surface area contributed by atoms with Gasteiger partial charge in [0.05, 0.1) is 0 Å². The van der Waals surface area contributed by atoms with Crippen molar-refractivity contribution in [2.24, 2.45) is 0 Å². The van der Waals surface area contributed by atoms with Gasteiger partial charge in [0.1, 0.15) is 0 Å². The average Bonchev–Trinajstić information content (AvgIpc) is 2.80. The van der Waals surface area contributed by atoms with E-state index in [0.29, 0.717) is 0 Å². The molecular weight excluding hydrogens is 134 g/mol. The Balaban J connectivity index is 1.66. The lowest BCUT2D eigenvalue weighted by molar-refractivity contribution is 0.587. The third-order valence-electron chi connectivity index (χ3n) is 2.40. The molecule has 0 aromatic carbocycles. The van der Waals surface area contributed by atoms with Gasteiger partial charge in [0.25, 0.3) is 0 Å². The number of unbranched alkanes of at least 4 members (excludes halogenated alkanes) is 5. The molecule has 1 rings (SSSR count). The molecule has 0 aromatic heterocycles. The van der Waals surface area contributed by atoms with E-state index in [1.807, 2.05) is 0 Å². The normalized spacial score (nSPS) is 22.1. The molecular formula is C10H21N. The lowest BCUT2D eigenvalue weighted by atomic mass is 10.1. The van der Waals surface area contributed by atoms with Crippen LogP contribution in [0.25, 0.3) is 0 Å². The van der Waals surface area contributed by atoms with Crippen LogP contribution in [0.2, 0.25) is 0 Å². The fourth-order valence-electron chi connectivity index (χ4n) is 1.46. The second-order valence-corrected chi connectivity index (χ2v) is 3.66. The maximum absolute atomic E-state index is 3.34. The second-order valence-electron chi connectivity index (χ2n) is 3.66. The number of nitrogens with one attached hydrogen (secondary N) is 1. The summed E-state index contributed by atoms with van der Waals surface area (Å²) in [6, 6.07) is 0.904. The Morgan fingerprint density at radius 3 is 2.36 bits per heavy atom. The van der Waals surface area contributed by atoms with Gasteiger partial charge >= 0.3 is 0 Å². The molecule has 0 radical (unpaired) electrons. The van der Waals surface area contributed by atoms with Gasteiger partial charge in [0.2, 0.25) is 0 Å². The monoisotopic (exact) mass is 155 g/mol. The zero-order chi connectivity index (χ0) is 7.94. The van der Waals surface area contributed by atoms with Crippen molar-refractivity contribution < 1.29 is 0 Å². The molecule has 1 aliphatic heterocycles. The van der Waals surface area contributed by atoms with Crippen molar-refractivity contribution in [3.05, 3.63) is 0 Å². The number of hydrogen-bond acceptors (Lipinski definition) is 1. The highest BCUT2D eigenvalue weighted by Crippen LogP contribution is 2.11. The third-order valence-corrected chi connectivity index (χ3v) is 2.40. The van der Waals surface area contributed by atoms with Gasteiger partial charge in [0.15, 0.2) is 0 Å². The van der Waals surface area contributed by atoms with Crippen molar-refractivity contribution in [3.63, 3.8) is 0 Å². The molecule has 1 heterocycles. The Labute approximate surface area is 70.6 Å². The highest BCUT2D eigenvalue weighted by Gasteiger charge is 2.18. The van der Waals surface area contributed by atoms with Crippen molar-refractivity contribution in [3.8, 4) is 0 Å². The van der Waals surface area contributed by atoms with Gasteiger partial charge in [-0.2, -0.15) is 0 Å². The first kappa shape index (κ1) is 9.05. The van der Waals surface area contributed by atoms with E-state index in [9.17, 15) is 0 Å². The molecule has 1 heteroatoms. The van der Waals surface area contributed by atoms with Crippen LogP contribution in [-0.2, 0) is 0 Å². The SMILES string of the molecule is CCCCCCCCC1CN1. The van der Waals surface area contributed by atoms with E-state index in [2.05, 4.69) is 12.2 Å². The van der Waals surface area contributed by atoms with Crippen molar-refractivity contribution in [1.29, 1.82) is 0 Å². The van der Waals surface area contributed by atoms with E-state index < -0.39 is 0 Å². The van der Waals surface area contributed by atoms with Gasteiger partial charge in [-0.15, -0.1) is 0 Å². The summed E-state index contributed by atoms with van der Waals surface area (Å²) in [5.74, 6) is 0. The molecule has 1 aliphatic rings. The van der Waals surface area contributed by atoms with E-state index in [4.69, 9.17) is 0 Å². The Kier molecular flexibility index (Phi) is 4.60. The Morgan fingerprint density at radius 2 is 1.73 bits per heavy atom. The minimum Gasteiger partial charge on any atom is -0.311 e. The van der Waals surface area contributed by atoms with E-state index in [0.717, 1.165) is 6.04 Å². The molecule has 0 aromatic rings. The summed E-state index contributed by atoms with van der Waals surface area (Å²) in [6.45, 7) is 3.56. The summed E-state index contributed by atoms with van der Waals surface area (Å²) in [4.78, 5) is 0. The first-order valence-corrected chi connectivity index (χ1v) is 5.17. The summed E-state index contributed by atoms with van der Waals surface area (Å²) < 4.78 is 0. The molecule has 1 N–H and O–H groups in total. The first-order valence-electron chi connectivity index (χ1n) is 5.17. The molecule has 1 fully saturated rings. The zero-order valence-electron chi connectivity index (χ0n) is 7.73. The summed E-state index contributed by atoms with van der Waals surface area (Å²) in [6.07, 6.45) is 10.0. The summed E-state index contributed by atoms with van der Waals surface area (Å²) >= 11 is 0. The summed E-state index contributed by atoms with van der Waals surface area (Å²) in [5, 5.41) is 3.34. The first-order chi connectivity index (χ1) is 5.43. The minimum atomic E-state index is 0.904. The molecule has 0 aliphatic carbocycles. The van der Waals surface area contributed by atoms with Crippen LogP contribution in [0.15, 0.2) is 0 Å². The lowest BCUT2D eigenvalue weighted by Crippen LogP contribution is -1.89. The standard InChI is InChI=1S/C10H21N/c1-2-3-4-5-6-7-8-10-9-11-10/h10-11H,2-9H2,1H3. The molecule has 0 spiro atoms. The van der Waals surface area contributed by atoms with Crippen LogP contribution in [0, 0.1) is 0 Å². The fraction of sp³-hybridized carbons (Fsp3) is 1.00. The molecule has 11 heavy (non-hydrogen) atoms. The van der Waals surface area contributed by atoms with Crippen molar-refractivity contribution in [2.45, 2.75) is 57.9 Å². The maximum atomic E-state index is 3.34. The number of rotatable bonds is 7. The van der Waals surface area contributed by atoms with Gasteiger partial charge in [-0.25, -0.2) is 0 Å². The Hall–Kier alpha value is -0.0400. The molecule has 0 saturated carbocycles. The molecule has 1 nitrogen and oxygen atoms in total. The average molecular weight is 155 g/mol. The predicted octanol–water partition coefficient (Wildman–Crippen LogP) is 2.71. The molecule has 1 saturated heterocycles. The minimum absolute atomic E-state index is 0.904. The predicted molar refractivity (Wildman–Crippen MR) is 49.8 cm³/mol. The van der Waals surface area contributed by atoms with E-state index >= 15 is 0 Å². The topological polar surface area (TPSA) is 21.9 Å². The van der Waals surface area contributed by atoms with Crippen LogP contribution >= 0.6 is 0 Å². The van der Waals surface area contributed by atoms with Crippen LogP contribution in [-0.4, -0.2) is 12.6 Å². The van der Waals surface area contributed by atoms with Crippen molar-refractivity contribution in [2.75, 3.05) is 6.54 Å². The van der Waals surface area contributed by atoms with Gasteiger partial charge < -0.3 is 5.32 Å². The van der Waals surface area contributed by atoms with Gasteiger partial charge in [0, 0.05) is 12.6 Å². The van der Waals surface area contributed by atoms with Crippen LogP contribution in [0.3, 0.4) is 0 Å². The maximum Gasteiger partial charge on any atom is 0.0193 e. The molecule has 0 bridgehead atoms. The van der Waals surface area contributed by atoms with Crippen LogP contribution in [0.1, 0.15) is 51.9 Å². The van der Waals surface area contributed by atoms with E-state index in [1.54, 1.807) is 0 Å². The quantitative estimate of drug-likeness (QED) is 0.443. The summed E-state index contributed by atoms with van der Waals surface area (Å²) in [5.41, 5.74) is 0. The van der Waals surface area contributed by atoms with E-state index in [-0.39, 0.29) is 0 Å². The Bertz CT molecular complexity index is 86.9. The molecule has 66 valence electrons. The van der Waals surface area contributed by atoms with Crippen LogP contribution in [0.5, 0.6) is 0 Å². The molecule has 1 atom stereocenters. The molecule has 0 amide bonds. The largest absolute Gasteiger partial charge is 0.311 e. The number of hydrogen-bond donors (Lipinski definition) is 1. The van der Waals surface area contributed by atoms with E-state index in [1.165, 1.54) is 51.5 Å². The van der Waals surface area contributed by atoms with Gasteiger partial charge in [-0.05, 0) is 6.42 Å². The Morgan fingerprint density at radius 1 is 1.09 bits per heavy atom. The fourth-order valence-corrected chi connectivity index (χ4v) is 1.46.